The van der Waals surface area contributed by atoms with Crippen molar-refractivity contribution in [3.8, 4) is 11.1 Å². The van der Waals surface area contributed by atoms with E-state index in [4.69, 9.17) is 0 Å². The Morgan fingerprint density at radius 1 is 1.00 bits per heavy atom. The Morgan fingerprint density at radius 2 is 1.65 bits per heavy atom. The van der Waals surface area contributed by atoms with Gasteiger partial charge in [0, 0.05) is 23.4 Å². The van der Waals surface area contributed by atoms with Gasteiger partial charge in [-0.1, -0.05) is 19.9 Å². The lowest BCUT2D eigenvalue weighted by molar-refractivity contribution is -0.139. The van der Waals surface area contributed by atoms with E-state index < -0.39 is 70.7 Å². The topological polar surface area (TPSA) is 91.6 Å². The standard InChI is InChI=1S/C38H45F6N3O4/c1-19(2)13-29(47-18-24(9-8-12-46(6)7)27(16-30(47)48)38(42,43)44)37(51)45-28(17-31(49)50)33-34(39)21(4)15-26(36(33)41)32-20(3)14-25(23-10-11-23)35(40)22(32)5/h14-16,18-19,23,28-29H,8-13,17H2,1-7H3,(H,45,51)(H,49,50). The molecule has 2 aromatic carbocycles. The summed E-state index contributed by atoms with van der Waals surface area (Å²) < 4.78 is 91.0. The third kappa shape index (κ3) is 9.03. The van der Waals surface area contributed by atoms with Crippen LogP contribution in [0.1, 0.15) is 103 Å². The van der Waals surface area contributed by atoms with Crippen LogP contribution in [0.5, 0.6) is 0 Å². The minimum absolute atomic E-state index is 0.0610. The average Bonchev–Trinajstić information content (AvgIpc) is 3.85. The van der Waals surface area contributed by atoms with Crippen molar-refractivity contribution >= 4 is 11.9 Å². The number of benzene rings is 2. The molecule has 1 fully saturated rings. The van der Waals surface area contributed by atoms with Crippen LogP contribution < -0.4 is 10.9 Å². The van der Waals surface area contributed by atoms with Crippen LogP contribution in [0.15, 0.2) is 29.2 Å². The third-order valence-electron chi connectivity index (χ3n) is 9.32. The fourth-order valence-corrected chi connectivity index (χ4v) is 6.73. The molecule has 4 rings (SSSR count). The summed E-state index contributed by atoms with van der Waals surface area (Å²) in [5, 5.41) is 12.2. The summed E-state index contributed by atoms with van der Waals surface area (Å²) in [6.07, 6.45) is -2.97. The van der Waals surface area contributed by atoms with E-state index in [2.05, 4.69) is 5.32 Å². The van der Waals surface area contributed by atoms with Gasteiger partial charge in [0.25, 0.3) is 5.56 Å². The quantitative estimate of drug-likeness (QED) is 0.164. The summed E-state index contributed by atoms with van der Waals surface area (Å²) in [7, 11) is 3.52. The van der Waals surface area contributed by atoms with Crippen LogP contribution in [0.3, 0.4) is 0 Å². The summed E-state index contributed by atoms with van der Waals surface area (Å²) in [6, 6.07) is 0.0269. The summed E-state index contributed by atoms with van der Waals surface area (Å²) in [6.45, 7) is 8.39. The van der Waals surface area contributed by atoms with Gasteiger partial charge in [0.1, 0.15) is 23.5 Å². The van der Waals surface area contributed by atoms with E-state index in [1.165, 1.54) is 19.9 Å². The van der Waals surface area contributed by atoms with E-state index >= 15 is 13.2 Å². The zero-order valence-corrected chi connectivity index (χ0v) is 29.9. The molecule has 278 valence electrons. The number of alkyl halides is 3. The molecule has 13 heteroatoms. The van der Waals surface area contributed by atoms with Crippen molar-refractivity contribution in [1.82, 2.24) is 14.8 Å². The number of nitrogens with zero attached hydrogens (tertiary/aromatic N) is 2. The largest absolute Gasteiger partial charge is 0.481 e. The van der Waals surface area contributed by atoms with Crippen molar-refractivity contribution in [3.63, 3.8) is 0 Å². The van der Waals surface area contributed by atoms with Crippen LogP contribution in [0.2, 0.25) is 0 Å². The predicted octanol–water partition coefficient (Wildman–Crippen LogP) is 8.17. The van der Waals surface area contributed by atoms with Gasteiger partial charge in [0.2, 0.25) is 5.91 Å². The van der Waals surface area contributed by atoms with Gasteiger partial charge in [0.15, 0.2) is 0 Å². The van der Waals surface area contributed by atoms with E-state index in [0.717, 1.165) is 23.6 Å². The molecule has 1 aliphatic carbocycles. The summed E-state index contributed by atoms with van der Waals surface area (Å²) in [5.41, 5.74) is -2.11. The van der Waals surface area contributed by atoms with Gasteiger partial charge >= 0.3 is 12.1 Å². The first-order chi connectivity index (χ1) is 23.7. The lowest BCUT2D eigenvalue weighted by Gasteiger charge is -2.27. The third-order valence-corrected chi connectivity index (χ3v) is 9.32. The highest BCUT2D eigenvalue weighted by Crippen LogP contribution is 2.45. The highest BCUT2D eigenvalue weighted by atomic mass is 19.4. The minimum Gasteiger partial charge on any atom is -0.481 e. The first-order valence-corrected chi connectivity index (χ1v) is 17.0. The maximum Gasteiger partial charge on any atom is 0.416 e. The minimum atomic E-state index is -4.84. The Balaban J connectivity index is 1.83. The Kier molecular flexibility index (Phi) is 12.2. The number of pyridine rings is 1. The SMILES string of the molecule is Cc1cc(-c2c(C)cc(C3CC3)c(F)c2C)c(F)c(C(CC(=O)O)NC(=O)C(CC(C)C)n2cc(CCCN(C)C)c(C(F)(F)F)cc2=O)c1F. The Morgan fingerprint density at radius 3 is 2.20 bits per heavy atom. The van der Waals surface area contributed by atoms with Crippen molar-refractivity contribution in [2.45, 2.75) is 97.3 Å². The second kappa shape index (κ2) is 15.6. The predicted molar refractivity (Wildman–Crippen MR) is 182 cm³/mol. The van der Waals surface area contributed by atoms with Crippen molar-refractivity contribution in [1.29, 1.82) is 0 Å². The maximum absolute atomic E-state index is 16.6. The number of hydrogen-bond donors (Lipinski definition) is 2. The number of aromatic nitrogens is 1. The molecule has 1 aliphatic rings. The molecule has 2 unspecified atom stereocenters. The number of carboxylic acids is 1. The zero-order chi connectivity index (χ0) is 38.1. The van der Waals surface area contributed by atoms with Crippen LogP contribution in [0, 0.1) is 44.1 Å². The number of carbonyl (C=O) groups is 2. The van der Waals surface area contributed by atoms with Crippen molar-refractivity contribution in [2.75, 3.05) is 20.6 Å². The molecule has 0 radical (unpaired) electrons. The maximum atomic E-state index is 16.6. The van der Waals surface area contributed by atoms with Gasteiger partial charge in [-0.3, -0.25) is 14.4 Å². The number of carbonyl (C=O) groups excluding carboxylic acids is 1. The summed E-state index contributed by atoms with van der Waals surface area (Å²) in [4.78, 5) is 41.1. The molecule has 1 saturated carbocycles. The molecule has 3 aromatic rings. The normalized spacial score (nSPS) is 14.6. The van der Waals surface area contributed by atoms with Crippen LogP contribution in [0.25, 0.3) is 11.1 Å². The molecule has 0 aliphatic heterocycles. The molecule has 51 heavy (non-hydrogen) atoms. The van der Waals surface area contributed by atoms with E-state index in [1.807, 2.05) is 0 Å². The van der Waals surface area contributed by atoms with E-state index in [-0.39, 0.29) is 52.5 Å². The lowest BCUT2D eigenvalue weighted by Crippen LogP contribution is -2.41. The molecule has 0 saturated heterocycles. The molecule has 1 amide bonds. The fourth-order valence-electron chi connectivity index (χ4n) is 6.73. The Bertz CT molecular complexity index is 1860. The molecule has 2 N–H and O–H groups in total. The second-order valence-electron chi connectivity index (χ2n) is 14.3. The van der Waals surface area contributed by atoms with Gasteiger partial charge < -0.3 is 19.9 Å². The summed E-state index contributed by atoms with van der Waals surface area (Å²) >= 11 is 0. The number of carboxylic acid groups (broad SMARTS) is 1. The van der Waals surface area contributed by atoms with Crippen molar-refractivity contribution in [2.24, 2.45) is 5.92 Å². The molecule has 7 nitrogen and oxygen atoms in total. The van der Waals surface area contributed by atoms with Crippen LogP contribution in [-0.2, 0) is 22.2 Å². The van der Waals surface area contributed by atoms with Crippen LogP contribution in [-0.4, -0.2) is 47.1 Å². The molecular formula is C38H45F6N3O4. The highest BCUT2D eigenvalue weighted by molar-refractivity contribution is 5.82. The number of aryl methyl sites for hydroxylation is 3. The van der Waals surface area contributed by atoms with E-state index in [1.54, 1.807) is 45.8 Å². The average molecular weight is 722 g/mol. The first-order valence-electron chi connectivity index (χ1n) is 17.0. The Labute approximate surface area is 293 Å². The first kappa shape index (κ1) is 39.7. The number of rotatable bonds is 14. The smallest absolute Gasteiger partial charge is 0.416 e. The van der Waals surface area contributed by atoms with E-state index in [9.17, 15) is 32.7 Å². The molecule has 1 heterocycles. The van der Waals surface area contributed by atoms with Crippen molar-refractivity contribution in [3.05, 3.63) is 91.1 Å². The highest BCUT2D eigenvalue weighted by Gasteiger charge is 2.37. The van der Waals surface area contributed by atoms with Gasteiger partial charge in [-0.25, -0.2) is 13.2 Å². The zero-order valence-electron chi connectivity index (χ0n) is 29.9. The molecule has 2 atom stereocenters. The summed E-state index contributed by atoms with van der Waals surface area (Å²) in [5.74, 6) is -5.56. The van der Waals surface area contributed by atoms with Gasteiger partial charge in [-0.05, 0) is 125 Å². The van der Waals surface area contributed by atoms with Crippen molar-refractivity contribution < 1.29 is 41.0 Å². The molecular weight excluding hydrogens is 676 g/mol. The number of nitrogens with one attached hydrogen (secondary N) is 1. The molecule has 0 spiro atoms. The number of aliphatic carboxylic acids is 1. The molecule has 1 aromatic heterocycles. The molecule has 0 bridgehead atoms. The number of halogens is 6. The van der Waals surface area contributed by atoms with Gasteiger partial charge in [-0.15, -0.1) is 0 Å². The fraction of sp³-hybridized carbons (Fsp3) is 0.500. The van der Waals surface area contributed by atoms with Gasteiger partial charge in [0.05, 0.1) is 18.0 Å². The monoisotopic (exact) mass is 721 g/mol. The van der Waals surface area contributed by atoms with Crippen LogP contribution >= 0.6 is 0 Å². The number of hydrogen-bond acceptors (Lipinski definition) is 4. The Hall–Kier alpha value is -4.13. The van der Waals surface area contributed by atoms with E-state index in [0.29, 0.717) is 30.2 Å². The lowest BCUT2D eigenvalue weighted by atomic mass is 9.87. The van der Waals surface area contributed by atoms with Gasteiger partial charge in [-0.2, -0.15) is 13.2 Å². The number of amides is 1. The van der Waals surface area contributed by atoms with Crippen LogP contribution in [0.4, 0.5) is 26.3 Å². The second-order valence-corrected chi connectivity index (χ2v) is 14.3.